The highest BCUT2D eigenvalue weighted by atomic mass is 16.5. The van der Waals surface area contributed by atoms with E-state index in [4.69, 9.17) is 9.15 Å². The minimum Gasteiger partial charge on any atom is -0.472 e. The minimum absolute atomic E-state index is 0.334. The van der Waals surface area contributed by atoms with Gasteiger partial charge < -0.3 is 19.8 Å². The fraction of sp³-hybridized carbons (Fsp3) is 0.429. The first-order valence-corrected chi connectivity index (χ1v) is 6.82. The topological polar surface area (TPSA) is 72.2 Å². The number of nitrogens with one attached hydrogen (secondary N) is 2. The molecule has 2 aromatic heterocycles. The Kier molecular flexibility index (Phi) is 4.13. The maximum Gasteiger partial charge on any atom is 0.224 e. The molecule has 1 saturated heterocycles. The van der Waals surface area contributed by atoms with Gasteiger partial charge in [0.05, 0.1) is 25.2 Å². The number of furan rings is 1. The molecule has 0 unspecified atom stereocenters. The lowest BCUT2D eigenvalue weighted by Gasteiger charge is -2.23. The second-order valence-corrected chi connectivity index (χ2v) is 4.81. The Labute approximate surface area is 117 Å². The van der Waals surface area contributed by atoms with Gasteiger partial charge in [0.1, 0.15) is 5.82 Å². The highest BCUT2D eigenvalue weighted by Gasteiger charge is 2.14. The summed E-state index contributed by atoms with van der Waals surface area (Å²) >= 11 is 0. The van der Waals surface area contributed by atoms with Crippen LogP contribution in [0.4, 0.5) is 11.8 Å². The van der Waals surface area contributed by atoms with Crippen molar-refractivity contribution in [3.8, 4) is 0 Å². The summed E-state index contributed by atoms with van der Waals surface area (Å²) in [5, 5.41) is 6.55. The van der Waals surface area contributed by atoms with E-state index >= 15 is 0 Å². The van der Waals surface area contributed by atoms with Crippen molar-refractivity contribution in [2.75, 3.05) is 23.8 Å². The molecule has 0 bridgehead atoms. The Balaban J connectivity index is 1.57. The van der Waals surface area contributed by atoms with Gasteiger partial charge in [0.15, 0.2) is 0 Å². The van der Waals surface area contributed by atoms with Crippen molar-refractivity contribution < 1.29 is 9.15 Å². The van der Waals surface area contributed by atoms with Crippen LogP contribution >= 0.6 is 0 Å². The van der Waals surface area contributed by atoms with Gasteiger partial charge in [0, 0.05) is 24.9 Å². The first-order valence-electron chi connectivity index (χ1n) is 6.82. The van der Waals surface area contributed by atoms with E-state index in [2.05, 4.69) is 20.6 Å². The molecule has 1 atom stereocenters. The normalized spacial score (nSPS) is 18.7. The van der Waals surface area contributed by atoms with Gasteiger partial charge in [-0.05, 0) is 25.0 Å². The molecule has 106 valence electrons. The van der Waals surface area contributed by atoms with E-state index in [1.54, 1.807) is 18.7 Å². The highest BCUT2D eigenvalue weighted by molar-refractivity contribution is 5.40. The van der Waals surface area contributed by atoms with Gasteiger partial charge in [-0.1, -0.05) is 0 Å². The highest BCUT2D eigenvalue weighted by Crippen LogP contribution is 2.13. The predicted molar refractivity (Wildman–Crippen MR) is 75.5 cm³/mol. The molecule has 2 aromatic rings. The summed E-state index contributed by atoms with van der Waals surface area (Å²) in [7, 11) is 0. The van der Waals surface area contributed by atoms with Crippen LogP contribution in [-0.4, -0.2) is 29.2 Å². The van der Waals surface area contributed by atoms with E-state index in [1.165, 1.54) is 0 Å². The molecule has 3 heterocycles. The van der Waals surface area contributed by atoms with E-state index in [0.717, 1.165) is 37.4 Å². The third kappa shape index (κ3) is 3.48. The van der Waals surface area contributed by atoms with Crippen LogP contribution in [0.25, 0.3) is 0 Å². The first-order chi connectivity index (χ1) is 9.90. The quantitative estimate of drug-likeness (QED) is 0.871. The lowest BCUT2D eigenvalue weighted by atomic mass is 10.1. The van der Waals surface area contributed by atoms with Crippen molar-refractivity contribution in [1.29, 1.82) is 0 Å². The summed E-state index contributed by atoms with van der Waals surface area (Å²) in [6.07, 6.45) is 7.31. The van der Waals surface area contributed by atoms with Crippen LogP contribution in [0.15, 0.2) is 35.3 Å². The fourth-order valence-electron chi connectivity index (χ4n) is 2.16. The predicted octanol–water partition coefficient (Wildman–Crippen LogP) is 2.27. The summed E-state index contributed by atoms with van der Waals surface area (Å²) in [6, 6.07) is 4.12. The Bertz CT molecular complexity index is 524. The molecule has 0 radical (unpaired) electrons. The number of hydrogen-bond donors (Lipinski definition) is 2. The van der Waals surface area contributed by atoms with Crippen LogP contribution in [0.3, 0.4) is 0 Å². The molecule has 6 heteroatoms. The molecule has 2 N–H and O–H groups in total. The molecular formula is C14H18N4O2. The van der Waals surface area contributed by atoms with Crippen LogP contribution in [0.5, 0.6) is 0 Å². The van der Waals surface area contributed by atoms with Crippen molar-refractivity contribution in [2.45, 2.75) is 25.4 Å². The second-order valence-electron chi connectivity index (χ2n) is 4.81. The number of ether oxygens (including phenoxy) is 1. The molecule has 0 spiro atoms. The average Bonchev–Trinajstić information content (AvgIpc) is 3.00. The average molecular weight is 274 g/mol. The third-order valence-electron chi connectivity index (χ3n) is 3.20. The van der Waals surface area contributed by atoms with Crippen LogP contribution in [0.1, 0.15) is 18.4 Å². The number of aromatic nitrogens is 2. The number of rotatable bonds is 5. The molecule has 0 aliphatic carbocycles. The van der Waals surface area contributed by atoms with Crippen molar-refractivity contribution in [3.05, 3.63) is 36.4 Å². The molecule has 0 aromatic carbocycles. The summed E-state index contributed by atoms with van der Waals surface area (Å²) in [4.78, 5) is 8.65. The van der Waals surface area contributed by atoms with Gasteiger partial charge in [-0.2, -0.15) is 4.98 Å². The molecule has 1 aliphatic rings. The summed E-state index contributed by atoms with van der Waals surface area (Å²) in [5.74, 6) is 1.43. The van der Waals surface area contributed by atoms with Crippen LogP contribution in [-0.2, 0) is 11.3 Å². The molecule has 6 nitrogen and oxygen atoms in total. The van der Waals surface area contributed by atoms with E-state index in [-0.39, 0.29) is 0 Å². The SMILES string of the molecule is c1cc(N[C@@H]2CCCOC2)nc(NCc2ccoc2)n1. The molecule has 1 aliphatic heterocycles. The lowest BCUT2D eigenvalue weighted by molar-refractivity contribution is 0.0875. The van der Waals surface area contributed by atoms with E-state index in [1.807, 2.05) is 12.1 Å². The Morgan fingerprint density at radius 3 is 3.15 bits per heavy atom. The molecule has 0 amide bonds. The zero-order chi connectivity index (χ0) is 13.6. The summed E-state index contributed by atoms with van der Waals surface area (Å²) in [5.41, 5.74) is 1.06. The number of nitrogens with zero attached hydrogens (tertiary/aromatic N) is 2. The number of anilines is 2. The minimum atomic E-state index is 0.334. The van der Waals surface area contributed by atoms with Gasteiger partial charge in [-0.25, -0.2) is 4.98 Å². The maximum atomic E-state index is 5.45. The van der Waals surface area contributed by atoms with Gasteiger partial charge >= 0.3 is 0 Å². The van der Waals surface area contributed by atoms with E-state index in [9.17, 15) is 0 Å². The van der Waals surface area contributed by atoms with E-state index < -0.39 is 0 Å². The fourth-order valence-corrected chi connectivity index (χ4v) is 2.16. The van der Waals surface area contributed by atoms with Crippen molar-refractivity contribution >= 4 is 11.8 Å². The Hall–Kier alpha value is -2.08. The summed E-state index contributed by atoms with van der Waals surface area (Å²) in [6.45, 7) is 2.24. The van der Waals surface area contributed by atoms with Crippen molar-refractivity contribution in [3.63, 3.8) is 0 Å². The van der Waals surface area contributed by atoms with Gasteiger partial charge in [0.2, 0.25) is 5.95 Å². The van der Waals surface area contributed by atoms with Crippen LogP contribution in [0, 0.1) is 0 Å². The zero-order valence-electron chi connectivity index (χ0n) is 11.2. The van der Waals surface area contributed by atoms with Crippen molar-refractivity contribution in [1.82, 2.24) is 9.97 Å². The maximum absolute atomic E-state index is 5.45. The van der Waals surface area contributed by atoms with E-state index in [0.29, 0.717) is 18.5 Å². The smallest absolute Gasteiger partial charge is 0.224 e. The number of hydrogen-bond acceptors (Lipinski definition) is 6. The summed E-state index contributed by atoms with van der Waals surface area (Å²) < 4.78 is 10.5. The molecule has 1 fully saturated rings. The Morgan fingerprint density at radius 2 is 2.35 bits per heavy atom. The molecule has 3 rings (SSSR count). The van der Waals surface area contributed by atoms with Crippen LogP contribution in [0.2, 0.25) is 0 Å². The van der Waals surface area contributed by atoms with Gasteiger partial charge in [-0.15, -0.1) is 0 Å². The molecule has 20 heavy (non-hydrogen) atoms. The second kappa shape index (κ2) is 6.38. The standard InChI is InChI=1S/C14H18N4O2/c1-2-12(10-19-6-1)17-13-3-5-15-14(18-13)16-8-11-4-7-20-9-11/h3-5,7,9,12H,1-2,6,8,10H2,(H2,15,16,17,18)/t12-/m1/s1. The zero-order valence-corrected chi connectivity index (χ0v) is 11.2. The molecule has 0 saturated carbocycles. The third-order valence-corrected chi connectivity index (χ3v) is 3.20. The first kappa shape index (κ1) is 12.9. The lowest BCUT2D eigenvalue weighted by Crippen LogP contribution is -2.30. The molecular weight excluding hydrogens is 256 g/mol. The van der Waals surface area contributed by atoms with Gasteiger partial charge in [-0.3, -0.25) is 0 Å². The largest absolute Gasteiger partial charge is 0.472 e. The van der Waals surface area contributed by atoms with Crippen LogP contribution < -0.4 is 10.6 Å². The van der Waals surface area contributed by atoms with Crippen molar-refractivity contribution in [2.24, 2.45) is 0 Å². The Morgan fingerprint density at radius 1 is 1.35 bits per heavy atom. The monoisotopic (exact) mass is 274 g/mol. The van der Waals surface area contributed by atoms with Gasteiger partial charge in [0.25, 0.3) is 0 Å².